The molecule has 1 saturated heterocycles. The maximum atomic E-state index is 13.8. The average molecular weight is 717 g/mol. The molecule has 1 aliphatic heterocycles. The van der Waals surface area contributed by atoms with Gasteiger partial charge < -0.3 is 44.8 Å². The van der Waals surface area contributed by atoms with Crippen LogP contribution in [0.4, 0.5) is 0 Å². The lowest BCUT2D eigenvalue weighted by molar-refractivity contribution is -0.324. The van der Waals surface area contributed by atoms with E-state index < -0.39 is 76.5 Å². The molecule has 286 valence electrons. The van der Waals surface area contributed by atoms with Crippen LogP contribution in [0.1, 0.15) is 99.3 Å². The lowest BCUT2D eigenvalue weighted by Gasteiger charge is -2.75. The van der Waals surface area contributed by atoms with Gasteiger partial charge in [-0.3, -0.25) is 4.79 Å². The van der Waals surface area contributed by atoms with Crippen LogP contribution < -0.4 is 0 Å². The summed E-state index contributed by atoms with van der Waals surface area (Å²) < 4.78 is 17.7. The summed E-state index contributed by atoms with van der Waals surface area (Å²) in [5.41, 5.74) is -2.65. The third-order valence-electron chi connectivity index (χ3n) is 16.9. The minimum atomic E-state index is -1.78. The zero-order chi connectivity index (χ0) is 37.3. The molecule has 16 atom stereocenters. The average Bonchev–Trinajstić information content (AvgIpc) is 3.04. The van der Waals surface area contributed by atoms with Crippen LogP contribution in [0.25, 0.3) is 0 Å². The highest BCUT2D eigenvalue weighted by molar-refractivity contribution is 5.80. The second-order valence-corrected chi connectivity index (χ2v) is 19.1. The predicted octanol–water partition coefficient (Wildman–Crippen LogP) is 4.30. The fraction of sp³-hybridized carbons (Fsp3) is 0.850. The summed E-state index contributed by atoms with van der Waals surface area (Å²) in [5, 5.41) is 64.8. The van der Waals surface area contributed by atoms with Gasteiger partial charge in [-0.2, -0.15) is 0 Å². The van der Waals surface area contributed by atoms with Crippen LogP contribution in [-0.4, -0.2) is 99.2 Å². The van der Waals surface area contributed by atoms with Crippen LogP contribution in [0.2, 0.25) is 0 Å². The molecule has 0 amide bonds. The van der Waals surface area contributed by atoms with Gasteiger partial charge in [0.2, 0.25) is 0 Å². The largest absolute Gasteiger partial charge is 0.481 e. The number of aliphatic carboxylic acids is 2. The third kappa shape index (κ3) is 4.55. The van der Waals surface area contributed by atoms with E-state index in [9.17, 15) is 40.2 Å². The Hall–Kier alpha value is -1.86. The standard InChI is InChI=1S/C40H60O11/c1-34(2)22-11-16-37(5)23(36(22,4)15-12-25(34)50-31-28(43)26(41)27(42)29(51-31)30(44)45)9-10-24-38(37,6)17-18-39(33(47)48)21(20-49-7)19-35(3)13-8-14-40(24,39)32(35)46/h8,10,14,21-23,25-29,31-32,41-43,46H,9,11-13,15-20H2,1-7H3,(H,44,45)(H,47,48)/t21-,22-,23+,25-,26-,27-,28+,29-,31+,32+,35-,36-,37+,38+,39-,40+/m0/s1. The monoisotopic (exact) mass is 716 g/mol. The molecule has 0 unspecified atom stereocenters. The molecule has 1 heterocycles. The number of carboxylic acids is 2. The molecule has 11 heteroatoms. The van der Waals surface area contributed by atoms with Gasteiger partial charge in [-0.15, -0.1) is 0 Å². The van der Waals surface area contributed by atoms with Crippen molar-refractivity contribution in [1.82, 2.24) is 0 Å². The molecule has 0 aromatic rings. The summed E-state index contributed by atoms with van der Waals surface area (Å²) in [7, 11) is 1.64. The summed E-state index contributed by atoms with van der Waals surface area (Å²) in [6.45, 7) is 14.0. The Morgan fingerprint density at radius 3 is 2.25 bits per heavy atom. The van der Waals surface area contributed by atoms with E-state index in [0.717, 1.165) is 31.3 Å². The van der Waals surface area contributed by atoms with Gasteiger partial charge in [0.1, 0.15) is 18.3 Å². The van der Waals surface area contributed by atoms with Crippen molar-refractivity contribution in [2.45, 2.75) is 142 Å². The normalized spacial score (nSPS) is 54.2. The maximum absolute atomic E-state index is 13.8. The highest BCUT2D eigenvalue weighted by Crippen LogP contribution is 2.80. The van der Waals surface area contributed by atoms with E-state index in [1.54, 1.807) is 7.11 Å². The van der Waals surface area contributed by atoms with E-state index >= 15 is 0 Å². The molecule has 11 nitrogen and oxygen atoms in total. The van der Waals surface area contributed by atoms with Crippen molar-refractivity contribution in [1.29, 1.82) is 0 Å². The first-order valence-electron chi connectivity index (χ1n) is 19.1. The number of ether oxygens (including phenoxy) is 3. The number of methoxy groups -OCH3 is 1. The molecular formula is C40H60O11. The number of hydrogen-bond donors (Lipinski definition) is 6. The number of carbonyl (C=O) groups is 2. The lowest BCUT2D eigenvalue weighted by atomic mass is 9.29. The number of aliphatic hydroxyl groups is 4. The van der Waals surface area contributed by atoms with Crippen molar-refractivity contribution in [3.05, 3.63) is 23.8 Å². The van der Waals surface area contributed by atoms with Gasteiger partial charge >= 0.3 is 11.9 Å². The number of aliphatic hydroxyl groups excluding tert-OH is 4. The Balaban J connectivity index is 1.25. The quantitative estimate of drug-likeness (QED) is 0.170. The van der Waals surface area contributed by atoms with E-state index in [0.29, 0.717) is 38.7 Å². The number of carboxylic acid groups (broad SMARTS) is 2. The van der Waals surface area contributed by atoms with Crippen LogP contribution in [0.5, 0.6) is 0 Å². The highest BCUT2D eigenvalue weighted by atomic mass is 16.7. The summed E-state index contributed by atoms with van der Waals surface area (Å²) in [6, 6.07) is 0. The number of fused-ring (bicyclic) bond motifs is 6. The minimum Gasteiger partial charge on any atom is -0.481 e. The van der Waals surface area contributed by atoms with E-state index in [-0.39, 0.29) is 34.0 Å². The van der Waals surface area contributed by atoms with Gasteiger partial charge in [-0.1, -0.05) is 65.3 Å². The second-order valence-electron chi connectivity index (χ2n) is 19.1. The second kappa shape index (κ2) is 11.8. The van der Waals surface area contributed by atoms with Crippen LogP contribution in [0, 0.1) is 55.7 Å². The van der Waals surface area contributed by atoms with Gasteiger partial charge in [-0.05, 0) is 96.7 Å². The van der Waals surface area contributed by atoms with Gasteiger partial charge in [0, 0.05) is 13.0 Å². The first-order chi connectivity index (χ1) is 23.7. The molecule has 51 heavy (non-hydrogen) atoms. The molecule has 0 aromatic heterocycles. The van der Waals surface area contributed by atoms with E-state index in [1.165, 1.54) is 0 Å². The Bertz CT molecular complexity index is 1510. The van der Waals surface area contributed by atoms with Gasteiger partial charge in [0.05, 0.1) is 29.6 Å². The molecule has 4 saturated carbocycles. The molecule has 2 bridgehead atoms. The minimum absolute atomic E-state index is 0.119. The first-order valence-corrected chi connectivity index (χ1v) is 19.1. The van der Waals surface area contributed by atoms with Crippen molar-refractivity contribution >= 4 is 11.9 Å². The Morgan fingerprint density at radius 2 is 1.61 bits per heavy atom. The molecule has 0 radical (unpaired) electrons. The van der Waals surface area contributed by atoms with E-state index in [2.05, 4.69) is 59.8 Å². The van der Waals surface area contributed by atoms with Crippen LogP contribution >= 0.6 is 0 Å². The molecule has 7 rings (SSSR count). The summed E-state index contributed by atoms with van der Waals surface area (Å²) in [6.07, 6.45) is 3.63. The topological polar surface area (TPSA) is 183 Å². The zero-order valence-electron chi connectivity index (χ0n) is 31.3. The molecule has 7 aliphatic rings. The van der Waals surface area contributed by atoms with Crippen molar-refractivity contribution in [3.8, 4) is 0 Å². The van der Waals surface area contributed by atoms with E-state index in [4.69, 9.17) is 14.2 Å². The number of rotatable bonds is 6. The first kappa shape index (κ1) is 37.5. The van der Waals surface area contributed by atoms with E-state index in [1.807, 2.05) is 0 Å². The molecular weight excluding hydrogens is 656 g/mol. The molecule has 5 fully saturated rings. The smallest absolute Gasteiger partial charge is 0.335 e. The SMILES string of the molecule is COC[C@@H]1C[C@]2(C)CC=C[C@@]3(C4=CC[C@@H]5[C@@]6(C)CC[C@H](O[C@@H]7O[C@H](C(=O)O)[C@@H](O)[C@H](O)[C@H]7O)C(C)(C)[C@@H]6CC[C@@]5(C)[C@]4(C)CC[C@@]13C(=O)O)[C@@H]2O. The fourth-order valence-corrected chi connectivity index (χ4v) is 14.2. The number of hydrogen-bond acceptors (Lipinski definition) is 9. The molecule has 1 spiro atoms. The maximum Gasteiger partial charge on any atom is 0.335 e. The van der Waals surface area contributed by atoms with Crippen molar-refractivity contribution < 1.29 is 54.4 Å². The lowest BCUT2D eigenvalue weighted by Crippen LogP contribution is -2.73. The fourth-order valence-electron chi connectivity index (χ4n) is 14.2. The Morgan fingerprint density at radius 1 is 0.902 bits per heavy atom. The van der Waals surface area contributed by atoms with Crippen LogP contribution in [-0.2, 0) is 23.8 Å². The third-order valence-corrected chi connectivity index (χ3v) is 16.9. The zero-order valence-corrected chi connectivity index (χ0v) is 31.3. The summed E-state index contributed by atoms with van der Waals surface area (Å²) >= 11 is 0. The molecule has 6 N–H and O–H groups in total. The Kier molecular flexibility index (Phi) is 8.68. The predicted molar refractivity (Wildman–Crippen MR) is 185 cm³/mol. The van der Waals surface area contributed by atoms with Gasteiger partial charge in [0.25, 0.3) is 0 Å². The van der Waals surface area contributed by atoms with Gasteiger partial charge in [-0.25, -0.2) is 4.79 Å². The van der Waals surface area contributed by atoms with Crippen LogP contribution in [0.3, 0.4) is 0 Å². The van der Waals surface area contributed by atoms with Crippen LogP contribution in [0.15, 0.2) is 23.8 Å². The molecule has 6 aliphatic carbocycles. The molecule has 0 aromatic carbocycles. The number of allylic oxidation sites excluding steroid dienone is 2. The van der Waals surface area contributed by atoms with Gasteiger partial charge in [0.15, 0.2) is 12.4 Å². The van der Waals surface area contributed by atoms with Crippen molar-refractivity contribution in [2.24, 2.45) is 55.7 Å². The summed E-state index contributed by atoms with van der Waals surface area (Å²) in [5.74, 6) is -2.04. The van der Waals surface area contributed by atoms with Crippen molar-refractivity contribution in [2.75, 3.05) is 13.7 Å². The highest BCUT2D eigenvalue weighted by Gasteiger charge is 2.78. The Labute approximate surface area is 301 Å². The van der Waals surface area contributed by atoms with Crippen molar-refractivity contribution in [3.63, 3.8) is 0 Å². The summed E-state index contributed by atoms with van der Waals surface area (Å²) in [4.78, 5) is 25.5.